The summed E-state index contributed by atoms with van der Waals surface area (Å²) in [7, 11) is 1.85. The Morgan fingerprint density at radius 3 is 2.59 bits per heavy atom. The first-order valence-electron chi connectivity index (χ1n) is 8.94. The Morgan fingerprint density at radius 1 is 1.14 bits per heavy atom. The average molecular weight is 451 g/mol. The van der Waals surface area contributed by atoms with Gasteiger partial charge in [0.1, 0.15) is 12.4 Å². The number of aromatic nitrogens is 3. The summed E-state index contributed by atoms with van der Waals surface area (Å²) in [4.78, 5) is 12.2. The number of ether oxygens (including phenoxy) is 1. The normalized spacial score (nSPS) is 10.8. The molecule has 29 heavy (non-hydrogen) atoms. The Bertz CT molecular complexity index is 993. The summed E-state index contributed by atoms with van der Waals surface area (Å²) in [5, 5.41) is 12.5. The second kappa shape index (κ2) is 10.0. The maximum Gasteiger partial charge on any atom is 0.234 e. The van der Waals surface area contributed by atoms with Gasteiger partial charge in [0, 0.05) is 12.7 Å². The standard InChI is InChI=1S/C20H20Cl2N4O2S/c1-3-13-4-7-15(8-5-13)28-11-18-24-25-20(26(18)2)29-12-19(27)23-14-6-9-16(21)17(22)10-14/h4-10H,3,11-12H2,1-2H3,(H,23,27). The van der Waals surface area contributed by atoms with Gasteiger partial charge in [-0.3, -0.25) is 4.79 Å². The van der Waals surface area contributed by atoms with E-state index < -0.39 is 0 Å². The second-order valence-corrected chi connectivity index (χ2v) is 7.97. The van der Waals surface area contributed by atoms with Crippen LogP contribution in [0.2, 0.25) is 10.0 Å². The van der Waals surface area contributed by atoms with Crippen LogP contribution in [-0.4, -0.2) is 26.4 Å². The number of carbonyl (C=O) groups excluding carboxylic acids is 1. The number of amides is 1. The van der Waals surface area contributed by atoms with Crippen LogP contribution in [0.25, 0.3) is 0 Å². The van der Waals surface area contributed by atoms with E-state index in [1.807, 2.05) is 35.9 Å². The van der Waals surface area contributed by atoms with E-state index in [9.17, 15) is 4.79 Å². The predicted octanol–water partition coefficient (Wildman–Crippen LogP) is 4.99. The lowest BCUT2D eigenvalue weighted by atomic mass is 10.2. The Hall–Kier alpha value is -2.22. The average Bonchev–Trinajstić information content (AvgIpc) is 3.07. The third-order valence-electron chi connectivity index (χ3n) is 4.16. The highest BCUT2D eigenvalue weighted by Crippen LogP contribution is 2.25. The van der Waals surface area contributed by atoms with E-state index in [-0.39, 0.29) is 11.7 Å². The molecule has 0 unspecified atom stereocenters. The maximum absolute atomic E-state index is 12.2. The molecule has 9 heteroatoms. The lowest BCUT2D eigenvalue weighted by molar-refractivity contribution is -0.113. The van der Waals surface area contributed by atoms with Gasteiger partial charge in [0.15, 0.2) is 11.0 Å². The molecule has 0 aliphatic carbocycles. The number of thioether (sulfide) groups is 1. The van der Waals surface area contributed by atoms with Crippen LogP contribution in [0.3, 0.4) is 0 Å². The number of hydrogen-bond acceptors (Lipinski definition) is 5. The van der Waals surface area contributed by atoms with Crippen molar-refractivity contribution in [3.8, 4) is 5.75 Å². The molecule has 3 aromatic rings. The summed E-state index contributed by atoms with van der Waals surface area (Å²) >= 11 is 13.1. The van der Waals surface area contributed by atoms with E-state index in [1.165, 1.54) is 17.3 Å². The number of hydrogen-bond donors (Lipinski definition) is 1. The quantitative estimate of drug-likeness (QED) is 0.489. The lowest BCUT2D eigenvalue weighted by Crippen LogP contribution is -2.14. The first-order chi connectivity index (χ1) is 14.0. The topological polar surface area (TPSA) is 69.0 Å². The number of halogens is 2. The third-order valence-corrected chi connectivity index (χ3v) is 5.92. The van der Waals surface area contributed by atoms with Gasteiger partial charge in [0.05, 0.1) is 15.8 Å². The molecular formula is C20H20Cl2N4O2S. The fraction of sp³-hybridized carbons (Fsp3) is 0.250. The molecule has 3 rings (SSSR count). The molecule has 0 fully saturated rings. The fourth-order valence-electron chi connectivity index (χ4n) is 2.47. The molecule has 1 aromatic heterocycles. The summed E-state index contributed by atoms with van der Waals surface area (Å²) in [6.45, 7) is 2.41. The van der Waals surface area contributed by atoms with Gasteiger partial charge in [-0.15, -0.1) is 10.2 Å². The van der Waals surface area contributed by atoms with E-state index in [0.717, 1.165) is 12.2 Å². The largest absolute Gasteiger partial charge is 0.486 e. The highest BCUT2D eigenvalue weighted by molar-refractivity contribution is 7.99. The van der Waals surface area contributed by atoms with Gasteiger partial charge in [0.25, 0.3) is 0 Å². The first kappa shape index (κ1) is 21.5. The molecule has 1 heterocycles. The Labute approximate surface area is 183 Å². The fourth-order valence-corrected chi connectivity index (χ4v) is 3.49. The van der Waals surface area contributed by atoms with Gasteiger partial charge in [0.2, 0.25) is 5.91 Å². The van der Waals surface area contributed by atoms with Gasteiger partial charge in [-0.05, 0) is 42.3 Å². The smallest absolute Gasteiger partial charge is 0.234 e. The van der Waals surface area contributed by atoms with E-state index in [0.29, 0.717) is 33.3 Å². The molecule has 0 aliphatic heterocycles. The molecule has 0 aliphatic rings. The van der Waals surface area contributed by atoms with Crippen molar-refractivity contribution in [2.24, 2.45) is 7.05 Å². The van der Waals surface area contributed by atoms with E-state index in [1.54, 1.807) is 18.2 Å². The number of benzene rings is 2. The minimum atomic E-state index is -0.176. The van der Waals surface area contributed by atoms with Gasteiger partial charge < -0.3 is 14.6 Å². The summed E-state index contributed by atoms with van der Waals surface area (Å²) in [5.74, 6) is 1.47. The van der Waals surface area contributed by atoms with Crippen molar-refractivity contribution in [2.45, 2.75) is 25.1 Å². The van der Waals surface area contributed by atoms with Gasteiger partial charge in [-0.25, -0.2) is 0 Å². The van der Waals surface area contributed by atoms with Crippen molar-refractivity contribution >= 4 is 46.6 Å². The molecule has 1 amide bonds. The van der Waals surface area contributed by atoms with Crippen molar-refractivity contribution in [3.63, 3.8) is 0 Å². The molecule has 0 radical (unpaired) electrons. The molecule has 152 valence electrons. The van der Waals surface area contributed by atoms with Crippen LogP contribution in [0.5, 0.6) is 5.75 Å². The summed E-state index contributed by atoms with van der Waals surface area (Å²) in [6.07, 6.45) is 0.989. The van der Waals surface area contributed by atoms with Crippen molar-refractivity contribution in [1.82, 2.24) is 14.8 Å². The van der Waals surface area contributed by atoms with Crippen molar-refractivity contribution < 1.29 is 9.53 Å². The number of aryl methyl sites for hydroxylation is 1. The molecule has 0 saturated heterocycles. The number of nitrogens with zero attached hydrogens (tertiary/aromatic N) is 3. The third kappa shape index (κ3) is 5.88. The number of nitrogens with one attached hydrogen (secondary N) is 1. The van der Waals surface area contributed by atoms with Crippen molar-refractivity contribution in [3.05, 3.63) is 63.9 Å². The molecule has 0 saturated carbocycles. The molecular weight excluding hydrogens is 431 g/mol. The first-order valence-corrected chi connectivity index (χ1v) is 10.7. The number of rotatable bonds is 8. The molecule has 0 bridgehead atoms. The Morgan fingerprint density at radius 2 is 1.90 bits per heavy atom. The monoisotopic (exact) mass is 450 g/mol. The van der Waals surface area contributed by atoms with E-state index >= 15 is 0 Å². The predicted molar refractivity (Wildman–Crippen MR) is 117 cm³/mol. The summed E-state index contributed by atoms with van der Waals surface area (Å²) < 4.78 is 7.59. The zero-order valence-corrected chi connectivity index (χ0v) is 18.3. The van der Waals surface area contributed by atoms with Crippen molar-refractivity contribution in [2.75, 3.05) is 11.1 Å². The molecule has 0 spiro atoms. The van der Waals surface area contributed by atoms with Crippen LogP contribution in [0, 0.1) is 0 Å². The van der Waals surface area contributed by atoms with Crippen LogP contribution < -0.4 is 10.1 Å². The van der Waals surface area contributed by atoms with Crippen LogP contribution in [-0.2, 0) is 24.9 Å². The van der Waals surface area contributed by atoms with E-state index in [2.05, 4.69) is 22.4 Å². The van der Waals surface area contributed by atoms with Crippen LogP contribution in [0.15, 0.2) is 47.6 Å². The van der Waals surface area contributed by atoms with E-state index in [4.69, 9.17) is 27.9 Å². The van der Waals surface area contributed by atoms with Crippen molar-refractivity contribution in [1.29, 1.82) is 0 Å². The molecule has 0 atom stereocenters. The summed E-state index contributed by atoms with van der Waals surface area (Å²) in [5.41, 5.74) is 1.85. The highest BCUT2D eigenvalue weighted by atomic mass is 35.5. The lowest BCUT2D eigenvalue weighted by Gasteiger charge is -2.08. The maximum atomic E-state index is 12.2. The summed E-state index contributed by atoms with van der Waals surface area (Å²) in [6, 6.07) is 12.9. The number of anilines is 1. The zero-order chi connectivity index (χ0) is 20.8. The second-order valence-electron chi connectivity index (χ2n) is 6.21. The van der Waals surface area contributed by atoms with Crippen LogP contribution in [0.4, 0.5) is 5.69 Å². The minimum absolute atomic E-state index is 0.176. The van der Waals surface area contributed by atoms with Gasteiger partial charge >= 0.3 is 0 Å². The minimum Gasteiger partial charge on any atom is -0.486 e. The molecule has 6 nitrogen and oxygen atoms in total. The number of carbonyl (C=O) groups is 1. The SMILES string of the molecule is CCc1ccc(OCc2nnc(SCC(=O)Nc3ccc(Cl)c(Cl)c3)n2C)cc1. The molecule has 2 aromatic carbocycles. The Kier molecular flexibility index (Phi) is 7.41. The van der Waals surface area contributed by atoms with Crippen LogP contribution in [0.1, 0.15) is 18.3 Å². The zero-order valence-electron chi connectivity index (χ0n) is 16.0. The van der Waals surface area contributed by atoms with Gasteiger partial charge in [-0.1, -0.05) is 54.0 Å². The molecule has 1 N–H and O–H groups in total. The Balaban J connectivity index is 1.52. The van der Waals surface area contributed by atoms with Crippen LogP contribution >= 0.6 is 35.0 Å². The van der Waals surface area contributed by atoms with Gasteiger partial charge in [-0.2, -0.15) is 0 Å². The highest BCUT2D eigenvalue weighted by Gasteiger charge is 2.12.